The van der Waals surface area contributed by atoms with Crippen molar-refractivity contribution in [2.24, 2.45) is 5.41 Å². The molecule has 3 rings (SSSR count). The Bertz CT molecular complexity index is 198. The Morgan fingerprint density at radius 2 is 2.30 bits per heavy atom. The van der Waals surface area contributed by atoms with Gasteiger partial charge in [0.15, 0.2) is 0 Å². The number of ether oxygens (including phenoxy) is 1. The van der Waals surface area contributed by atoms with Crippen LogP contribution in [-0.4, -0.2) is 12.2 Å². The third-order valence-electron chi connectivity index (χ3n) is 2.68. The van der Waals surface area contributed by atoms with Crippen molar-refractivity contribution >= 4 is 0 Å². The summed E-state index contributed by atoms with van der Waals surface area (Å²) >= 11 is 0. The summed E-state index contributed by atoms with van der Waals surface area (Å²) in [4.78, 5) is 0. The van der Waals surface area contributed by atoms with Gasteiger partial charge in [0.2, 0.25) is 0 Å². The Morgan fingerprint density at radius 3 is 2.70 bits per heavy atom. The summed E-state index contributed by atoms with van der Waals surface area (Å²) in [5.41, 5.74) is 0.417. The Morgan fingerprint density at radius 1 is 1.60 bits per heavy atom. The monoisotopic (exact) mass is 137 g/mol. The highest BCUT2D eigenvalue weighted by molar-refractivity contribution is 5.11. The Balaban J connectivity index is 2.08. The molecule has 0 unspecified atom stereocenters. The topological polar surface area (TPSA) is 33.0 Å². The van der Waals surface area contributed by atoms with Gasteiger partial charge in [-0.25, -0.2) is 0 Å². The van der Waals surface area contributed by atoms with Crippen LogP contribution < -0.4 is 0 Å². The van der Waals surface area contributed by atoms with Crippen LogP contribution in [0.2, 0.25) is 0 Å². The van der Waals surface area contributed by atoms with Crippen molar-refractivity contribution < 1.29 is 4.74 Å². The van der Waals surface area contributed by atoms with E-state index in [2.05, 4.69) is 13.0 Å². The summed E-state index contributed by atoms with van der Waals surface area (Å²) in [5.74, 6) is 0. The first-order valence-corrected chi connectivity index (χ1v) is 3.69. The molecule has 0 aromatic carbocycles. The maximum absolute atomic E-state index is 8.49. The molecule has 3 aliphatic rings. The molecule has 0 radical (unpaired) electrons. The second-order valence-electron chi connectivity index (χ2n) is 3.93. The molecule has 10 heavy (non-hydrogen) atoms. The molecule has 0 amide bonds. The molecule has 1 aliphatic carbocycles. The van der Waals surface area contributed by atoms with E-state index in [0.29, 0.717) is 6.42 Å². The van der Waals surface area contributed by atoms with Gasteiger partial charge in [-0.2, -0.15) is 5.26 Å². The molecule has 54 valence electrons. The SMILES string of the molecule is CC12CC(CC#N)(CO1)C2. The lowest BCUT2D eigenvalue weighted by molar-refractivity contribution is 0.00435. The molecule has 2 saturated heterocycles. The molecule has 2 bridgehead atoms. The number of nitrogens with zero attached hydrogens (tertiary/aromatic N) is 1. The van der Waals surface area contributed by atoms with Gasteiger partial charge in [0, 0.05) is 11.8 Å². The molecule has 2 aliphatic heterocycles. The van der Waals surface area contributed by atoms with E-state index < -0.39 is 0 Å². The lowest BCUT2D eigenvalue weighted by atomic mass is 9.62. The maximum atomic E-state index is 8.49. The molecule has 3 fully saturated rings. The van der Waals surface area contributed by atoms with Gasteiger partial charge in [0.05, 0.1) is 18.3 Å². The van der Waals surface area contributed by atoms with Crippen LogP contribution in [0.3, 0.4) is 0 Å². The van der Waals surface area contributed by atoms with E-state index in [1.807, 2.05) is 0 Å². The second kappa shape index (κ2) is 1.54. The predicted octanol–water partition coefficient (Wildman–Crippen LogP) is 1.47. The zero-order valence-electron chi connectivity index (χ0n) is 6.18. The minimum atomic E-state index is 0.150. The van der Waals surface area contributed by atoms with Crippen molar-refractivity contribution in [2.45, 2.75) is 31.8 Å². The van der Waals surface area contributed by atoms with Crippen molar-refractivity contribution in [3.05, 3.63) is 0 Å². The van der Waals surface area contributed by atoms with Crippen LogP contribution in [0.4, 0.5) is 0 Å². The highest BCUT2D eigenvalue weighted by atomic mass is 16.5. The van der Waals surface area contributed by atoms with Gasteiger partial charge in [0.1, 0.15) is 0 Å². The number of rotatable bonds is 1. The maximum Gasteiger partial charge on any atom is 0.0667 e. The summed E-state index contributed by atoms with van der Waals surface area (Å²) in [6, 6.07) is 2.23. The van der Waals surface area contributed by atoms with Crippen molar-refractivity contribution in [2.75, 3.05) is 6.61 Å². The van der Waals surface area contributed by atoms with Crippen LogP contribution in [0.1, 0.15) is 26.2 Å². The standard InChI is InChI=1S/C8H11NO/c1-7-4-8(5-7,2-3-9)6-10-7/h2,4-6H2,1H3. The summed E-state index contributed by atoms with van der Waals surface area (Å²) in [6.07, 6.45) is 2.89. The quantitative estimate of drug-likeness (QED) is 0.548. The molecular formula is C8H11NO. The Kier molecular flexibility index (Phi) is 0.952. The predicted molar refractivity (Wildman–Crippen MR) is 36.3 cm³/mol. The Hall–Kier alpha value is -0.550. The van der Waals surface area contributed by atoms with E-state index in [-0.39, 0.29) is 11.0 Å². The molecule has 2 nitrogen and oxygen atoms in total. The minimum absolute atomic E-state index is 0.150. The summed E-state index contributed by atoms with van der Waals surface area (Å²) in [6.45, 7) is 2.95. The highest BCUT2D eigenvalue weighted by Gasteiger charge is 2.59. The third-order valence-corrected chi connectivity index (χ3v) is 2.68. The zero-order chi connectivity index (χ0) is 7.24. The molecule has 1 saturated carbocycles. The zero-order valence-corrected chi connectivity index (χ0v) is 6.18. The van der Waals surface area contributed by atoms with Crippen LogP contribution in [0, 0.1) is 16.7 Å². The average Bonchev–Trinajstić information content (AvgIpc) is 2.21. The molecule has 0 aromatic rings. The van der Waals surface area contributed by atoms with Crippen LogP contribution in [0.15, 0.2) is 0 Å². The molecule has 0 spiro atoms. The molecule has 2 heterocycles. The molecule has 0 aromatic heterocycles. The summed E-state index contributed by atoms with van der Waals surface area (Å²) in [7, 11) is 0. The highest BCUT2D eigenvalue weighted by Crippen LogP contribution is 2.59. The molecule has 0 atom stereocenters. The van der Waals surface area contributed by atoms with Gasteiger partial charge in [-0.1, -0.05) is 0 Å². The average molecular weight is 137 g/mol. The lowest BCUT2D eigenvalue weighted by Crippen LogP contribution is -2.41. The molecular weight excluding hydrogens is 126 g/mol. The van der Waals surface area contributed by atoms with E-state index >= 15 is 0 Å². The molecule has 0 N–H and O–H groups in total. The molecule has 2 heteroatoms. The Labute approximate surface area is 60.8 Å². The van der Waals surface area contributed by atoms with E-state index in [4.69, 9.17) is 10.00 Å². The van der Waals surface area contributed by atoms with Crippen LogP contribution >= 0.6 is 0 Å². The van der Waals surface area contributed by atoms with Gasteiger partial charge >= 0.3 is 0 Å². The number of hydrogen-bond acceptors (Lipinski definition) is 2. The van der Waals surface area contributed by atoms with Gasteiger partial charge < -0.3 is 4.74 Å². The van der Waals surface area contributed by atoms with Gasteiger partial charge in [-0.15, -0.1) is 0 Å². The minimum Gasteiger partial charge on any atom is -0.375 e. The van der Waals surface area contributed by atoms with Crippen LogP contribution in [0.5, 0.6) is 0 Å². The van der Waals surface area contributed by atoms with Gasteiger partial charge in [-0.05, 0) is 19.8 Å². The fourth-order valence-corrected chi connectivity index (χ4v) is 2.41. The van der Waals surface area contributed by atoms with E-state index in [9.17, 15) is 0 Å². The van der Waals surface area contributed by atoms with Crippen molar-refractivity contribution in [1.82, 2.24) is 0 Å². The summed E-state index contributed by atoms with van der Waals surface area (Å²) < 4.78 is 5.52. The first-order valence-electron chi connectivity index (χ1n) is 3.69. The number of hydrogen-bond donors (Lipinski definition) is 0. The van der Waals surface area contributed by atoms with Gasteiger partial charge in [0.25, 0.3) is 0 Å². The normalized spacial score (nSPS) is 50.0. The largest absolute Gasteiger partial charge is 0.375 e. The fourth-order valence-electron chi connectivity index (χ4n) is 2.41. The van der Waals surface area contributed by atoms with Crippen molar-refractivity contribution in [3.63, 3.8) is 0 Å². The van der Waals surface area contributed by atoms with Crippen molar-refractivity contribution in [3.8, 4) is 6.07 Å². The number of nitriles is 1. The fraction of sp³-hybridized carbons (Fsp3) is 0.875. The number of fused-ring (bicyclic) bond motifs is 1. The smallest absolute Gasteiger partial charge is 0.0667 e. The third kappa shape index (κ3) is 0.615. The van der Waals surface area contributed by atoms with E-state index in [1.54, 1.807) is 0 Å². The summed E-state index contributed by atoms with van der Waals surface area (Å²) in [5, 5.41) is 8.49. The first kappa shape index (κ1) is 6.18. The first-order chi connectivity index (χ1) is 4.68. The van der Waals surface area contributed by atoms with Crippen molar-refractivity contribution in [1.29, 1.82) is 5.26 Å². The van der Waals surface area contributed by atoms with E-state index in [1.165, 1.54) is 0 Å². The van der Waals surface area contributed by atoms with Crippen LogP contribution in [0.25, 0.3) is 0 Å². The second-order valence-corrected chi connectivity index (χ2v) is 3.93. The van der Waals surface area contributed by atoms with E-state index in [0.717, 1.165) is 19.4 Å². The van der Waals surface area contributed by atoms with Gasteiger partial charge in [-0.3, -0.25) is 0 Å². The lowest BCUT2D eigenvalue weighted by Gasteiger charge is -2.40. The van der Waals surface area contributed by atoms with Crippen LogP contribution in [-0.2, 0) is 4.74 Å².